The first-order valence-corrected chi connectivity index (χ1v) is 12.0. The summed E-state index contributed by atoms with van der Waals surface area (Å²) in [5.74, 6) is -0.305. The quantitative estimate of drug-likeness (QED) is 0.426. The van der Waals surface area contributed by atoms with Crippen molar-refractivity contribution in [3.05, 3.63) is 72.3 Å². The Morgan fingerprint density at radius 1 is 1.11 bits per heavy atom. The number of aromatic nitrogens is 2. The number of anilines is 2. The highest BCUT2D eigenvalue weighted by molar-refractivity contribution is 6.00. The Morgan fingerprint density at radius 2 is 1.92 bits per heavy atom. The third kappa shape index (κ3) is 6.50. The van der Waals surface area contributed by atoms with E-state index >= 15 is 0 Å². The van der Waals surface area contributed by atoms with Crippen LogP contribution in [0.5, 0.6) is 5.75 Å². The van der Waals surface area contributed by atoms with Crippen molar-refractivity contribution in [3.63, 3.8) is 0 Å². The van der Waals surface area contributed by atoms with Crippen LogP contribution in [0.1, 0.15) is 24.0 Å². The molecule has 0 spiro atoms. The molecule has 0 radical (unpaired) electrons. The van der Waals surface area contributed by atoms with E-state index in [1.807, 2.05) is 42.8 Å². The minimum absolute atomic E-state index is 0.0880. The Bertz CT molecular complexity index is 1210. The monoisotopic (exact) mass is 489 g/mol. The second kappa shape index (κ2) is 11.5. The minimum atomic E-state index is -0.379. The summed E-state index contributed by atoms with van der Waals surface area (Å²) in [5, 5.41) is 5.75. The number of nitrogens with zero attached hydrogens (tertiary/aromatic N) is 3. The number of aryl methyl sites for hydroxylation is 3. The number of benzene rings is 2. The maximum absolute atomic E-state index is 12.5. The van der Waals surface area contributed by atoms with Crippen LogP contribution < -0.4 is 20.3 Å². The molecule has 0 saturated carbocycles. The van der Waals surface area contributed by atoms with Crippen LogP contribution in [0.15, 0.2) is 61.2 Å². The molecule has 2 heterocycles. The number of carbonyl (C=O) groups excluding carboxylic acids is 3. The highest BCUT2D eigenvalue weighted by Gasteiger charge is 2.34. The predicted octanol–water partition coefficient (Wildman–Crippen LogP) is 3.08. The molecule has 9 heteroatoms. The average Bonchev–Trinajstić information content (AvgIpc) is 3.53. The van der Waals surface area contributed by atoms with Gasteiger partial charge in [-0.25, -0.2) is 4.98 Å². The first-order valence-electron chi connectivity index (χ1n) is 12.0. The van der Waals surface area contributed by atoms with E-state index < -0.39 is 0 Å². The lowest BCUT2D eigenvalue weighted by atomic mass is 10.1. The Labute approximate surface area is 210 Å². The molecule has 36 heavy (non-hydrogen) atoms. The molecule has 1 aromatic heterocycles. The zero-order chi connectivity index (χ0) is 25.5. The molecule has 9 nitrogen and oxygen atoms in total. The summed E-state index contributed by atoms with van der Waals surface area (Å²) in [5.41, 5.74) is 3.69. The standard InChI is InChI=1S/C27H31N5O4/c1-19-4-5-22(14-20(19)2)30-25(33)17-36-24-8-6-23(7-9-24)32-16-21(15-26(32)34)27(35)29-10-3-12-31-13-11-28-18-31/h4-9,11,13-14,18,21H,3,10,12,15-17H2,1-2H3,(H,29,35)(H,30,33)/t21-/m1/s1. The molecule has 3 amide bonds. The van der Waals surface area contributed by atoms with Gasteiger partial charge in [-0.15, -0.1) is 0 Å². The molecule has 2 N–H and O–H groups in total. The van der Waals surface area contributed by atoms with Crippen LogP contribution in [-0.2, 0) is 20.9 Å². The molecule has 1 aliphatic rings. The third-order valence-electron chi connectivity index (χ3n) is 6.26. The maximum Gasteiger partial charge on any atom is 0.262 e. The first kappa shape index (κ1) is 25.0. The van der Waals surface area contributed by atoms with E-state index in [2.05, 4.69) is 15.6 Å². The van der Waals surface area contributed by atoms with Crippen LogP contribution in [0, 0.1) is 19.8 Å². The molecule has 1 aliphatic heterocycles. The topological polar surface area (TPSA) is 106 Å². The van der Waals surface area contributed by atoms with Crippen LogP contribution >= 0.6 is 0 Å². The van der Waals surface area contributed by atoms with Crippen LogP contribution in [-0.4, -0.2) is 47.0 Å². The van der Waals surface area contributed by atoms with Gasteiger partial charge < -0.3 is 24.8 Å². The van der Waals surface area contributed by atoms with Gasteiger partial charge in [0.05, 0.1) is 12.2 Å². The van der Waals surface area contributed by atoms with E-state index in [0.717, 1.165) is 29.8 Å². The summed E-state index contributed by atoms with van der Waals surface area (Å²) in [6.07, 6.45) is 6.32. The Morgan fingerprint density at radius 3 is 2.64 bits per heavy atom. The van der Waals surface area contributed by atoms with Crippen LogP contribution in [0.2, 0.25) is 0 Å². The number of ether oxygens (including phenoxy) is 1. The molecule has 0 unspecified atom stereocenters. The SMILES string of the molecule is Cc1ccc(NC(=O)COc2ccc(N3C[C@H](C(=O)NCCCn4ccnc4)CC3=O)cc2)cc1C. The van der Waals surface area contributed by atoms with Crippen molar-refractivity contribution < 1.29 is 19.1 Å². The van der Waals surface area contributed by atoms with Gasteiger partial charge >= 0.3 is 0 Å². The van der Waals surface area contributed by atoms with Crippen molar-refractivity contribution in [2.75, 3.05) is 29.9 Å². The highest BCUT2D eigenvalue weighted by Crippen LogP contribution is 2.27. The molecule has 2 aromatic carbocycles. The van der Waals surface area contributed by atoms with Crippen molar-refractivity contribution in [1.82, 2.24) is 14.9 Å². The van der Waals surface area contributed by atoms with Crippen molar-refractivity contribution in [2.45, 2.75) is 33.2 Å². The number of carbonyl (C=O) groups is 3. The van der Waals surface area contributed by atoms with Crippen LogP contribution in [0.4, 0.5) is 11.4 Å². The number of hydrogen-bond donors (Lipinski definition) is 2. The Balaban J connectivity index is 1.22. The average molecular weight is 490 g/mol. The van der Waals surface area contributed by atoms with Crippen molar-refractivity contribution in [2.24, 2.45) is 5.92 Å². The third-order valence-corrected chi connectivity index (χ3v) is 6.26. The second-order valence-corrected chi connectivity index (χ2v) is 8.98. The summed E-state index contributed by atoms with van der Waals surface area (Å²) < 4.78 is 7.55. The highest BCUT2D eigenvalue weighted by atomic mass is 16.5. The van der Waals surface area contributed by atoms with E-state index in [9.17, 15) is 14.4 Å². The molecule has 4 rings (SSSR count). The van der Waals surface area contributed by atoms with E-state index in [4.69, 9.17) is 4.74 Å². The smallest absolute Gasteiger partial charge is 0.262 e. The van der Waals surface area contributed by atoms with Gasteiger partial charge in [0.2, 0.25) is 11.8 Å². The van der Waals surface area contributed by atoms with E-state index in [0.29, 0.717) is 24.5 Å². The molecular formula is C27H31N5O4. The molecule has 0 bridgehead atoms. The Kier molecular flexibility index (Phi) is 7.99. The van der Waals surface area contributed by atoms with Gasteiger partial charge in [-0.3, -0.25) is 14.4 Å². The van der Waals surface area contributed by atoms with Crippen molar-refractivity contribution in [1.29, 1.82) is 0 Å². The molecule has 188 valence electrons. The fraction of sp³-hybridized carbons (Fsp3) is 0.333. The number of rotatable bonds is 10. The molecule has 1 atom stereocenters. The van der Waals surface area contributed by atoms with Crippen LogP contribution in [0.3, 0.4) is 0 Å². The van der Waals surface area contributed by atoms with E-state index in [-0.39, 0.29) is 36.7 Å². The van der Waals surface area contributed by atoms with Crippen molar-refractivity contribution in [3.8, 4) is 5.75 Å². The maximum atomic E-state index is 12.5. The number of nitrogens with one attached hydrogen (secondary N) is 2. The first-order chi connectivity index (χ1) is 17.4. The molecule has 1 saturated heterocycles. The molecular weight excluding hydrogens is 458 g/mol. The lowest BCUT2D eigenvalue weighted by Gasteiger charge is -2.17. The van der Waals surface area contributed by atoms with Gasteiger partial charge in [0.25, 0.3) is 5.91 Å². The fourth-order valence-electron chi connectivity index (χ4n) is 4.06. The normalized spacial score (nSPS) is 15.1. The zero-order valence-electron chi connectivity index (χ0n) is 20.6. The number of hydrogen-bond acceptors (Lipinski definition) is 5. The van der Waals surface area contributed by atoms with E-state index in [1.165, 1.54) is 0 Å². The Hall–Kier alpha value is -4.14. The fourth-order valence-corrected chi connectivity index (χ4v) is 4.06. The van der Waals surface area contributed by atoms with Gasteiger partial charge in [-0.2, -0.15) is 0 Å². The minimum Gasteiger partial charge on any atom is -0.484 e. The zero-order valence-corrected chi connectivity index (χ0v) is 20.6. The van der Waals surface area contributed by atoms with Crippen molar-refractivity contribution >= 4 is 29.1 Å². The lowest BCUT2D eigenvalue weighted by molar-refractivity contribution is -0.126. The second-order valence-electron chi connectivity index (χ2n) is 8.98. The summed E-state index contributed by atoms with van der Waals surface area (Å²) >= 11 is 0. The lowest BCUT2D eigenvalue weighted by Crippen LogP contribution is -2.33. The van der Waals surface area contributed by atoms with Gasteiger partial charge in [-0.05, 0) is 67.8 Å². The summed E-state index contributed by atoms with van der Waals surface area (Å²) in [4.78, 5) is 42.9. The largest absolute Gasteiger partial charge is 0.484 e. The van der Waals surface area contributed by atoms with E-state index in [1.54, 1.807) is 41.7 Å². The van der Waals surface area contributed by atoms with Gasteiger partial charge in [0.15, 0.2) is 6.61 Å². The van der Waals surface area contributed by atoms with Gasteiger partial charge in [0.1, 0.15) is 5.75 Å². The number of amides is 3. The van der Waals surface area contributed by atoms with Gasteiger partial charge in [0, 0.05) is 49.8 Å². The summed E-state index contributed by atoms with van der Waals surface area (Å²) in [7, 11) is 0. The number of imidazole rings is 1. The molecule has 1 fully saturated rings. The summed E-state index contributed by atoms with van der Waals surface area (Å²) in [6, 6.07) is 12.7. The molecule has 0 aliphatic carbocycles. The predicted molar refractivity (Wildman–Crippen MR) is 137 cm³/mol. The molecule has 3 aromatic rings. The summed E-state index contributed by atoms with van der Waals surface area (Å²) in [6.45, 7) is 5.54. The van der Waals surface area contributed by atoms with Gasteiger partial charge in [-0.1, -0.05) is 6.07 Å². The van der Waals surface area contributed by atoms with Crippen LogP contribution in [0.25, 0.3) is 0 Å².